The summed E-state index contributed by atoms with van der Waals surface area (Å²) in [6.07, 6.45) is 3.39. The van der Waals surface area contributed by atoms with Crippen molar-refractivity contribution in [2.75, 3.05) is 12.0 Å². The van der Waals surface area contributed by atoms with E-state index in [2.05, 4.69) is 4.98 Å². The fraction of sp³-hybridized carbons (Fsp3) is 0.0870. The molecule has 10 heteroatoms. The molecule has 0 N–H and O–H groups in total. The molecule has 164 valence electrons. The number of nitro groups is 1. The lowest BCUT2D eigenvalue weighted by molar-refractivity contribution is -0.384. The fourth-order valence-electron chi connectivity index (χ4n) is 3.42. The summed E-state index contributed by atoms with van der Waals surface area (Å²) in [4.78, 5) is 35.3. The van der Waals surface area contributed by atoms with Gasteiger partial charge >= 0.3 is 0 Å². The highest BCUT2D eigenvalue weighted by molar-refractivity contribution is 7.23. The van der Waals surface area contributed by atoms with Crippen molar-refractivity contribution in [3.05, 3.63) is 87.5 Å². The average molecular weight is 477 g/mol. The maximum Gasteiger partial charge on any atom is 0.270 e. The molecule has 0 spiro atoms. The number of anilines is 1. The Hall–Kier alpha value is -3.89. The number of hydrogen-bond acceptors (Lipinski definition) is 8. The summed E-state index contributed by atoms with van der Waals surface area (Å²) < 4.78 is 7.03. The van der Waals surface area contributed by atoms with E-state index in [1.165, 1.54) is 34.8 Å². The van der Waals surface area contributed by atoms with Gasteiger partial charge in [0.05, 0.1) is 33.7 Å². The van der Waals surface area contributed by atoms with Crippen LogP contribution in [0.15, 0.2) is 67.0 Å². The van der Waals surface area contributed by atoms with E-state index in [4.69, 9.17) is 9.72 Å². The maximum atomic E-state index is 13.7. The molecule has 0 aliphatic heterocycles. The Balaban J connectivity index is 1.57. The van der Waals surface area contributed by atoms with Crippen molar-refractivity contribution < 1.29 is 14.5 Å². The standard InChI is InChI=1S/C23H16N4O4S2/c1-31-17-5-7-20-18(11-17)25-23(33-20)26(13-14-3-2-8-24-12-14)22(28)21-10-15-9-16(27(29)30)4-6-19(15)32-21/h2-12H,13H2,1H3. The molecule has 33 heavy (non-hydrogen) atoms. The zero-order valence-corrected chi connectivity index (χ0v) is 18.9. The van der Waals surface area contributed by atoms with E-state index >= 15 is 0 Å². The molecule has 0 radical (unpaired) electrons. The largest absolute Gasteiger partial charge is 0.497 e. The van der Waals surface area contributed by atoms with Gasteiger partial charge in [0.25, 0.3) is 11.6 Å². The zero-order valence-electron chi connectivity index (χ0n) is 17.3. The van der Waals surface area contributed by atoms with Crippen molar-refractivity contribution in [1.82, 2.24) is 9.97 Å². The molecular weight excluding hydrogens is 460 g/mol. The van der Waals surface area contributed by atoms with Crippen LogP contribution >= 0.6 is 22.7 Å². The van der Waals surface area contributed by atoms with Gasteiger partial charge in [-0.3, -0.25) is 24.8 Å². The molecule has 0 saturated carbocycles. The monoisotopic (exact) mass is 476 g/mol. The van der Waals surface area contributed by atoms with Gasteiger partial charge in [-0.25, -0.2) is 4.98 Å². The van der Waals surface area contributed by atoms with Crippen LogP contribution in [0, 0.1) is 10.1 Å². The van der Waals surface area contributed by atoms with Gasteiger partial charge in [0.15, 0.2) is 5.13 Å². The van der Waals surface area contributed by atoms with E-state index < -0.39 is 4.92 Å². The van der Waals surface area contributed by atoms with Crippen molar-refractivity contribution in [3.63, 3.8) is 0 Å². The first-order valence-electron chi connectivity index (χ1n) is 9.85. The quantitative estimate of drug-likeness (QED) is 0.231. The number of hydrogen-bond donors (Lipinski definition) is 0. The van der Waals surface area contributed by atoms with Crippen LogP contribution in [-0.4, -0.2) is 27.9 Å². The minimum absolute atomic E-state index is 0.00775. The Morgan fingerprint density at radius 3 is 2.73 bits per heavy atom. The first kappa shape index (κ1) is 21.0. The second-order valence-electron chi connectivity index (χ2n) is 7.17. The molecule has 5 aromatic rings. The van der Waals surface area contributed by atoms with Crippen molar-refractivity contribution in [3.8, 4) is 5.75 Å². The number of thiophene rings is 1. The van der Waals surface area contributed by atoms with Gasteiger partial charge in [0.2, 0.25) is 0 Å². The van der Waals surface area contributed by atoms with E-state index in [-0.39, 0.29) is 18.1 Å². The number of non-ortho nitro benzene ring substituents is 1. The molecule has 0 aliphatic rings. The Labute approximate surface area is 195 Å². The second kappa shape index (κ2) is 8.57. The van der Waals surface area contributed by atoms with E-state index in [0.29, 0.717) is 21.1 Å². The number of fused-ring (bicyclic) bond motifs is 2. The SMILES string of the molecule is COc1ccc2sc(N(Cc3cccnc3)C(=O)c3cc4cc([N+](=O)[O-])ccc4s3)nc2c1. The van der Waals surface area contributed by atoms with Crippen LogP contribution in [0.5, 0.6) is 5.75 Å². The van der Waals surface area contributed by atoms with Gasteiger partial charge in [-0.15, -0.1) is 11.3 Å². The first-order chi connectivity index (χ1) is 16.0. The summed E-state index contributed by atoms with van der Waals surface area (Å²) in [6, 6.07) is 15.6. The molecule has 0 saturated heterocycles. The lowest BCUT2D eigenvalue weighted by atomic mass is 10.2. The molecule has 0 unspecified atom stereocenters. The molecule has 3 heterocycles. The highest BCUT2D eigenvalue weighted by Crippen LogP contribution is 2.35. The normalized spacial score (nSPS) is 11.1. The molecule has 1 amide bonds. The molecule has 8 nitrogen and oxygen atoms in total. The number of benzene rings is 2. The number of carbonyl (C=O) groups excluding carboxylic acids is 1. The van der Waals surface area contributed by atoms with Crippen molar-refractivity contribution in [2.45, 2.75) is 6.54 Å². The van der Waals surface area contributed by atoms with Crippen LogP contribution in [-0.2, 0) is 6.54 Å². The van der Waals surface area contributed by atoms with Crippen LogP contribution in [0.2, 0.25) is 0 Å². The summed E-state index contributed by atoms with van der Waals surface area (Å²) >= 11 is 2.71. The molecule has 5 rings (SSSR count). The second-order valence-corrected chi connectivity index (χ2v) is 9.27. The van der Waals surface area contributed by atoms with Gasteiger partial charge in [0, 0.05) is 40.7 Å². The van der Waals surface area contributed by atoms with Crippen LogP contribution in [0.25, 0.3) is 20.3 Å². The summed E-state index contributed by atoms with van der Waals surface area (Å²) in [5.41, 5.74) is 1.59. The highest BCUT2D eigenvalue weighted by Gasteiger charge is 2.24. The third kappa shape index (κ3) is 4.13. The van der Waals surface area contributed by atoms with Gasteiger partial charge in [-0.05, 0) is 35.9 Å². The van der Waals surface area contributed by atoms with Crippen molar-refractivity contribution in [1.29, 1.82) is 0 Å². The Morgan fingerprint density at radius 1 is 1.12 bits per heavy atom. The van der Waals surface area contributed by atoms with Gasteiger partial charge in [-0.2, -0.15) is 0 Å². The maximum absolute atomic E-state index is 13.7. The molecule has 2 aromatic carbocycles. The van der Waals surface area contributed by atoms with E-state index in [1.54, 1.807) is 36.5 Å². The van der Waals surface area contributed by atoms with Gasteiger partial charge in [-0.1, -0.05) is 17.4 Å². The van der Waals surface area contributed by atoms with E-state index in [0.717, 1.165) is 20.5 Å². The number of nitrogens with zero attached hydrogens (tertiary/aromatic N) is 4. The number of carbonyl (C=O) groups is 1. The number of amides is 1. The predicted molar refractivity (Wildman–Crippen MR) is 129 cm³/mol. The predicted octanol–water partition coefficient (Wildman–Crippen LogP) is 5.67. The minimum Gasteiger partial charge on any atom is -0.497 e. The topological polar surface area (TPSA) is 98.5 Å². The summed E-state index contributed by atoms with van der Waals surface area (Å²) in [6.45, 7) is 0.290. The Kier molecular flexibility index (Phi) is 5.45. The number of rotatable bonds is 6. The zero-order chi connectivity index (χ0) is 22.9. The average Bonchev–Trinajstić information content (AvgIpc) is 3.45. The minimum atomic E-state index is -0.442. The van der Waals surface area contributed by atoms with E-state index in [1.807, 2.05) is 30.3 Å². The summed E-state index contributed by atoms with van der Waals surface area (Å²) in [7, 11) is 1.60. The number of pyridine rings is 1. The summed E-state index contributed by atoms with van der Waals surface area (Å²) in [5.74, 6) is 0.462. The number of thiazole rings is 1. The summed E-state index contributed by atoms with van der Waals surface area (Å²) in [5, 5.41) is 12.3. The van der Waals surface area contributed by atoms with Crippen LogP contribution in [0.3, 0.4) is 0 Å². The molecule has 0 atom stereocenters. The molecule has 3 aromatic heterocycles. The van der Waals surface area contributed by atoms with E-state index in [9.17, 15) is 14.9 Å². The molecule has 0 aliphatic carbocycles. The number of aromatic nitrogens is 2. The number of ether oxygens (including phenoxy) is 1. The fourth-order valence-corrected chi connectivity index (χ4v) is 5.36. The molecular formula is C23H16N4O4S2. The van der Waals surface area contributed by atoms with Crippen LogP contribution in [0.4, 0.5) is 10.8 Å². The van der Waals surface area contributed by atoms with Crippen molar-refractivity contribution in [2.24, 2.45) is 0 Å². The van der Waals surface area contributed by atoms with Gasteiger partial charge < -0.3 is 4.74 Å². The van der Waals surface area contributed by atoms with Crippen LogP contribution in [0.1, 0.15) is 15.2 Å². The van der Waals surface area contributed by atoms with Gasteiger partial charge in [0.1, 0.15) is 5.75 Å². The lowest BCUT2D eigenvalue weighted by Crippen LogP contribution is -2.29. The smallest absolute Gasteiger partial charge is 0.270 e. The lowest BCUT2D eigenvalue weighted by Gasteiger charge is -2.19. The first-order valence-corrected chi connectivity index (χ1v) is 11.5. The number of methoxy groups -OCH3 is 1. The molecule has 0 fully saturated rings. The molecule has 0 bridgehead atoms. The third-order valence-electron chi connectivity index (χ3n) is 5.04. The van der Waals surface area contributed by atoms with Crippen LogP contribution < -0.4 is 9.64 Å². The Bertz CT molecular complexity index is 1500. The third-order valence-corrected chi connectivity index (χ3v) is 7.21. The van der Waals surface area contributed by atoms with Crippen molar-refractivity contribution >= 4 is 59.7 Å². The Morgan fingerprint density at radius 2 is 1.97 bits per heavy atom. The highest BCUT2D eigenvalue weighted by atomic mass is 32.1. The number of nitro benzene ring substituents is 1.